The molecule has 1 aliphatic heterocycles. The topological polar surface area (TPSA) is 41.1 Å². The van der Waals surface area contributed by atoms with Gasteiger partial charge in [-0.2, -0.15) is 0 Å². The number of rotatable bonds is 1. The summed E-state index contributed by atoms with van der Waals surface area (Å²) in [5.74, 6) is 0.0265. The smallest absolute Gasteiger partial charge is 0.241 e. The number of hydrogen-bond donors (Lipinski definition) is 2. The fourth-order valence-corrected chi connectivity index (χ4v) is 1.90. The number of hydrogen-bond acceptors (Lipinski definition) is 2. The van der Waals surface area contributed by atoms with E-state index >= 15 is 0 Å². The number of fused-ring (bicyclic) bond motifs is 1. The van der Waals surface area contributed by atoms with E-state index in [1.807, 2.05) is 19.1 Å². The van der Waals surface area contributed by atoms with E-state index in [2.05, 4.69) is 10.6 Å². The molecule has 1 atom stereocenters. The summed E-state index contributed by atoms with van der Waals surface area (Å²) in [5, 5.41) is 6.78. The molecule has 1 unspecified atom stereocenters. The maximum atomic E-state index is 11.7. The predicted octanol–water partition coefficient (Wildman–Crippen LogP) is 2.16. The minimum Gasteiger partial charge on any atom is -0.324 e. The van der Waals surface area contributed by atoms with Crippen molar-refractivity contribution in [3.63, 3.8) is 0 Å². The van der Waals surface area contributed by atoms with Crippen molar-refractivity contribution in [3.8, 4) is 0 Å². The van der Waals surface area contributed by atoms with Crippen molar-refractivity contribution in [3.05, 3.63) is 28.8 Å². The van der Waals surface area contributed by atoms with Crippen molar-refractivity contribution in [1.82, 2.24) is 5.32 Å². The van der Waals surface area contributed by atoms with Crippen LogP contribution in [0.25, 0.3) is 0 Å². The summed E-state index contributed by atoms with van der Waals surface area (Å²) < 4.78 is 0. The van der Waals surface area contributed by atoms with Gasteiger partial charge in [0, 0.05) is 17.3 Å². The molecule has 4 heteroatoms. The summed E-state index contributed by atoms with van der Waals surface area (Å²) in [4.78, 5) is 11.7. The highest BCUT2D eigenvalue weighted by Gasteiger charge is 2.20. The van der Waals surface area contributed by atoms with Gasteiger partial charge < -0.3 is 10.6 Å². The van der Waals surface area contributed by atoms with Gasteiger partial charge in [-0.05, 0) is 30.2 Å². The van der Waals surface area contributed by atoms with E-state index in [0.717, 1.165) is 17.7 Å². The number of nitrogens with one attached hydrogen (secondary N) is 2. The quantitative estimate of drug-likeness (QED) is 0.768. The molecule has 15 heavy (non-hydrogen) atoms. The van der Waals surface area contributed by atoms with Crippen LogP contribution in [0.3, 0.4) is 0 Å². The van der Waals surface area contributed by atoms with E-state index < -0.39 is 0 Å². The first-order valence-electron chi connectivity index (χ1n) is 5.03. The summed E-state index contributed by atoms with van der Waals surface area (Å²) in [6, 6.07) is 5.39. The Kier molecular flexibility index (Phi) is 2.93. The molecule has 1 aromatic rings. The lowest BCUT2D eigenvalue weighted by molar-refractivity contribution is -0.118. The largest absolute Gasteiger partial charge is 0.324 e. The van der Waals surface area contributed by atoms with Crippen LogP contribution >= 0.6 is 11.6 Å². The van der Waals surface area contributed by atoms with Crippen LogP contribution in [-0.4, -0.2) is 11.9 Å². The Labute approximate surface area is 93.8 Å². The molecule has 2 N–H and O–H groups in total. The van der Waals surface area contributed by atoms with E-state index in [-0.39, 0.29) is 11.9 Å². The van der Waals surface area contributed by atoms with Crippen LogP contribution in [0.1, 0.15) is 18.9 Å². The molecule has 2 rings (SSSR count). The summed E-state index contributed by atoms with van der Waals surface area (Å²) in [7, 11) is 0. The van der Waals surface area contributed by atoms with Crippen molar-refractivity contribution < 1.29 is 4.79 Å². The number of amides is 1. The highest BCUT2D eigenvalue weighted by Crippen LogP contribution is 2.22. The van der Waals surface area contributed by atoms with Gasteiger partial charge in [0.2, 0.25) is 5.91 Å². The minimum absolute atomic E-state index is 0.0265. The Morgan fingerprint density at radius 1 is 1.53 bits per heavy atom. The van der Waals surface area contributed by atoms with E-state index in [4.69, 9.17) is 11.6 Å². The highest BCUT2D eigenvalue weighted by atomic mass is 35.5. The lowest BCUT2D eigenvalue weighted by Gasteiger charge is -2.10. The first-order valence-corrected chi connectivity index (χ1v) is 5.41. The Hall–Kier alpha value is -1.06. The van der Waals surface area contributed by atoms with Crippen molar-refractivity contribution >= 4 is 23.2 Å². The summed E-state index contributed by atoms with van der Waals surface area (Å²) in [5.41, 5.74) is 1.89. The zero-order chi connectivity index (χ0) is 10.8. The number of carbonyl (C=O) groups excluding carboxylic acids is 1. The number of anilines is 1. The van der Waals surface area contributed by atoms with Crippen molar-refractivity contribution in [2.24, 2.45) is 0 Å². The fourth-order valence-electron chi connectivity index (χ4n) is 1.71. The molecule has 0 radical (unpaired) electrons. The van der Waals surface area contributed by atoms with Crippen LogP contribution < -0.4 is 10.6 Å². The van der Waals surface area contributed by atoms with Crippen molar-refractivity contribution in [1.29, 1.82) is 0 Å². The van der Waals surface area contributed by atoms with Crippen LogP contribution in [0.4, 0.5) is 5.69 Å². The molecule has 0 aromatic heterocycles. The maximum absolute atomic E-state index is 11.7. The molecule has 0 saturated heterocycles. The third kappa shape index (κ3) is 2.13. The van der Waals surface area contributed by atoms with Gasteiger partial charge in [-0.1, -0.05) is 18.5 Å². The molecular formula is C11H13ClN2O. The van der Waals surface area contributed by atoms with Gasteiger partial charge in [-0.25, -0.2) is 0 Å². The molecular weight excluding hydrogens is 212 g/mol. The van der Waals surface area contributed by atoms with Crippen LogP contribution in [0, 0.1) is 0 Å². The van der Waals surface area contributed by atoms with Gasteiger partial charge >= 0.3 is 0 Å². The average Bonchev–Trinajstić information content (AvgIpc) is 2.36. The van der Waals surface area contributed by atoms with Gasteiger partial charge in [-0.15, -0.1) is 0 Å². The Bertz CT molecular complexity index is 392. The molecule has 0 bridgehead atoms. The lowest BCUT2D eigenvalue weighted by atomic mass is 10.2. The first kappa shape index (κ1) is 10.5. The molecule has 1 aromatic carbocycles. The van der Waals surface area contributed by atoms with Gasteiger partial charge in [-0.3, -0.25) is 4.79 Å². The SMILES string of the molecule is CCC1NCc2cc(Cl)ccc2NC1=O. The third-order valence-electron chi connectivity index (χ3n) is 2.59. The molecule has 1 aliphatic rings. The van der Waals surface area contributed by atoms with Gasteiger partial charge in [0.25, 0.3) is 0 Å². The molecule has 0 aliphatic carbocycles. The van der Waals surface area contributed by atoms with E-state index in [1.165, 1.54) is 0 Å². The molecule has 0 saturated carbocycles. The Morgan fingerprint density at radius 2 is 2.33 bits per heavy atom. The number of benzene rings is 1. The van der Waals surface area contributed by atoms with Crippen molar-refractivity contribution in [2.75, 3.05) is 5.32 Å². The van der Waals surface area contributed by atoms with Crippen LogP contribution in [0.2, 0.25) is 5.02 Å². The Morgan fingerprint density at radius 3 is 3.07 bits per heavy atom. The second-order valence-corrected chi connectivity index (χ2v) is 4.07. The van der Waals surface area contributed by atoms with Gasteiger partial charge in [0.15, 0.2) is 0 Å². The predicted molar refractivity (Wildman–Crippen MR) is 61.0 cm³/mol. The van der Waals surface area contributed by atoms with Crippen molar-refractivity contribution in [2.45, 2.75) is 25.9 Å². The highest BCUT2D eigenvalue weighted by molar-refractivity contribution is 6.30. The standard InChI is InChI=1S/C11H13ClN2O/c1-2-9-11(15)14-10-4-3-8(12)5-7(10)6-13-9/h3-5,9,13H,2,6H2,1H3,(H,14,15). The van der Waals surface area contributed by atoms with Crippen LogP contribution in [0.5, 0.6) is 0 Å². The zero-order valence-corrected chi connectivity index (χ0v) is 9.27. The first-order chi connectivity index (χ1) is 7.20. The van der Waals surface area contributed by atoms with E-state index in [1.54, 1.807) is 6.07 Å². The second-order valence-electron chi connectivity index (χ2n) is 3.63. The summed E-state index contributed by atoms with van der Waals surface area (Å²) in [6.45, 7) is 2.66. The zero-order valence-electron chi connectivity index (χ0n) is 8.51. The maximum Gasteiger partial charge on any atom is 0.241 e. The lowest BCUT2D eigenvalue weighted by Crippen LogP contribution is -2.37. The molecule has 0 spiro atoms. The molecule has 3 nitrogen and oxygen atoms in total. The minimum atomic E-state index is -0.115. The molecule has 0 fully saturated rings. The van der Waals surface area contributed by atoms with Crippen LogP contribution in [0.15, 0.2) is 18.2 Å². The van der Waals surface area contributed by atoms with Gasteiger partial charge in [0.1, 0.15) is 0 Å². The monoisotopic (exact) mass is 224 g/mol. The Balaban J connectivity index is 2.31. The molecule has 1 amide bonds. The third-order valence-corrected chi connectivity index (χ3v) is 2.82. The second kappa shape index (κ2) is 4.21. The summed E-state index contributed by atoms with van der Waals surface area (Å²) >= 11 is 5.90. The van der Waals surface area contributed by atoms with E-state index in [0.29, 0.717) is 11.6 Å². The molecule has 80 valence electrons. The average molecular weight is 225 g/mol. The van der Waals surface area contributed by atoms with E-state index in [9.17, 15) is 4.79 Å². The fraction of sp³-hybridized carbons (Fsp3) is 0.364. The van der Waals surface area contributed by atoms with Gasteiger partial charge in [0.05, 0.1) is 6.04 Å². The van der Waals surface area contributed by atoms with Crippen LogP contribution in [-0.2, 0) is 11.3 Å². The number of halogens is 1. The normalized spacial score (nSPS) is 20.4. The number of carbonyl (C=O) groups is 1. The molecule has 1 heterocycles. The summed E-state index contributed by atoms with van der Waals surface area (Å²) in [6.07, 6.45) is 0.785.